The third-order valence-electron chi connectivity index (χ3n) is 16.9. The number of fused-ring (bicyclic) bond motifs is 3. The van der Waals surface area contributed by atoms with Crippen molar-refractivity contribution in [1.29, 1.82) is 0 Å². The second-order valence-corrected chi connectivity index (χ2v) is 26.7. The summed E-state index contributed by atoms with van der Waals surface area (Å²) in [6.07, 6.45) is 14.1. The van der Waals surface area contributed by atoms with Gasteiger partial charge in [-0.2, -0.15) is 11.8 Å². The second-order valence-electron chi connectivity index (χ2n) is 25.5. The van der Waals surface area contributed by atoms with E-state index in [1.807, 2.05) is 68.9 Å². The van der Waals surface area contributed by atoms with Crippen LogP contribution in [-0.2, 0) is 57.1 Å². The Balaban J connectivity index is 0.818. The number of carboxylic acids is 1. The Morgan fingerprint density at radius 2 is 1.38 bits per heavy atom. The van der Waals surface area contributed by atoms with Crippen molar-refractivity contribution in [3.63, 3.8) is 0 Å². The first kappa shape index (κ1) is 79.5. The fourth-order valence-electron chi connectivity index (χ4n) is 11.9. The van der Waals surface area contributed by atoms with E-state index in [9.17, 15) is 43.8 Å². The molecule has 0 aromatic heterocycles. The molecule has 0 radical (unpaired) electrons. The standard InChI is InChI=1S/C72H101N9O18S/c1-6-27-91-31-35-95-39-42-98-38-34-94-30-26-81(65(86)18-23-77-69(87)49-12-15-52(55(43-49)70(88)89)66-53-16-13-50(73)44-60(53)99-61-45-51(80(4)5)14-17-54(61)66)25-19-64(85)75-22-9-21-74-56(67-58(82)46-72(2,3)47-59(67)83)20-28-92-32-36-96-40-41-97-37-33-93-29-24-76-63(84)11-8-7-10-62-68-57(48-100-62)78-71(90)79-68/h1,12-17,43-45,57,60,62,68,82H,7-11,18-42,46-48,73H2,2-5H3,(H,75,85)(H,76,84)(H,77,87)(H,88,89)(H2,78,79,90)/t57-,60?,62?,68-/m1/s1. The number of aromatic carboxylic acids is 1. The number of amides is 6. The van der Waals surface area contributed by atoms with Gasteiger partial charge in [-0.05, 0) is 66.7 Å². The molecule has 2 aromatic carbocycles. The van der Waals surface area contributed by atoms with Gasteiger partial charge in [-0.15, -0.1) is 6.42 Å². The van der Waals surface area contributed by atoms with Crippen molar-refractivity contribution < 1.29 is 86.4 Å². The van der Waals surface area contributed by atoms with Crippen LogP contribution in [0.5, 0.6) is 5.75 Å². The van der Waals surface area contributed by atoms with Crippen molar-refractivity contribution in [2.24, 2.45) is 16.1 Å². The molecule has 0 saturated carbocycles. The third-order valence-corrected chi connectivity index (χ3v) is 18.4. The Hall–Kier alpha value is -7.85. The van der Waals surface area contributed by atoms with Crippen LogP contribution in [0.4, 0.5) is 10.5 Å². The van der Waals surface area contributed by atoms with E-state index in [1.165, 1.54) is 11.0 Å². The number of hydrogen-bond donors (Lipinski definition) is 8. The fraction of sp³-hybridized carbons (Fsp3) is 0.583. The first-order valence-corrected chi connectivity index (χ1v) is 35.4. The SMILES string of the molecule is C#CCOCCOCCOCCOCCN(CCC(=O)NCCCN=C(CCOCCOCCOCCOCCNC(=O)CCCCC1SC[C@H]2NC(=O)N[C@@H]12)C1=C(O)CC(C)(C)CC1=O)C(=O)CCNC(=O)c1ccc(C2=C3C=CC(N)=CC3Oc3cc(N(C)C)ccc32)c(C(=O)O)c1. The number of rotatable bonds is 48. The van der Waals surface area contributed by atoms with Crippen molar-refractivity contribution in [2.45, 2.75) is 101 Å². The van der Waals surface area contributed by atoms with Gasteiger partial charge >= 0.3 is 12.0 Å². The number of nitrogens with one attached hydrogen (secondary N) is 5. The van der Waals surface area contributed by atoms with Crippen molar-refractivity contribution >= 4 is 70.1 Å². The minimum absolute atomic E-state index is 0.00605. The lowest BCUT2D eigenvalue weighted by Gasteiger charge is -2.32. The maximum Gasteiger partial charge on any atom is 0.336 e. The van der Waals surface area contributed by atoms with Gasteiger partial charge in [0.1, 0.15) is 24.2 Å². The van der Waals surface area contributed by atoms with Crippen molar-refractivity contribution in [3.8, 4) is 18.1 Å². The summed E-state index contributed by atoms with van der Waals surface area (Å²) in [7, 11) is 3.81. The molecule has 3 aliphatic heterocycles. The minimum Gasteiger partial charge on any atom is -0.511 e. The normalized spacial score (nSPS) is 18.2. The number of Topliss-reactive ketones (excluding diaryl/α,β-unsaturated/α-hetero) is 1. The number of aliphatic hydroxyl groups is 1. The van der Waals surface area contributed by atoms with E-state index in [-0.39, 0.29) is 162 Å². The molecule has 2 saturated heterocycles. The molecule has 4 atom stereocenters. The molecule has 6 amide bonds. The number of nitrogens with two attached hydrogens (primary N) is 1. The molecule has 2 fully saturated rings. The zero-order chi connectivity index (χ0) is 71.7. The monoisotopic (exact) mass is 1410 g/mol. The molecular weight excluding hydrogens is 1310 g/mol. The number of aliphatic hydroxyl groups excluding tert-OH is 1. The topological polar surface area (TPSA) is 348 Å². The largest absolute Gasteiger partial charge is 0.511 e. The number of thioether (sulfide) groups is 1. The van der Waals surface area contributed by atoms with E-state index in [0.29, 0.717) is 137 Å². The number of hydrogen-bond acceptors (Lipinski definition) is 21. The highest BCUT2D eigenvalue weighted by molar-refractivity contribution is 8.00. The summed E-state index contributed by atoms with van der Waals surface area (Å²) in [6, 6.07) is 10.4. The molecule has 2 aliphatic carbocycles. The van der Waals surface area contributed by atoms with Gasteiger partial charge in [-0.3, -0.25) is 29.0 Å². The Kier molecular flexibility index (Phi) is 33.7. The van der Waals surface area contributed by atoms with E-state index in [1.54, 1.807) is 24.3 Å². The molecule has 9 N–H and O–H groups in total. The molecule has 7 rings (SSSR count). The van der Waals surface area contributed by atoms with Crippen LogP contribution < -0.4 is 42.0 Å². The number of allylic oxidation sites excluding steroid dienone is 3. The molecule has 2 aromatic rings. The maximum absolute atomic E-state index is 13.9. The number of carbonyl (C=O) groups is 7. The highest BCUT2D eigenvalue weighted by atomic mass is 32.2. The number of carboxylic acid groups (broad SMARTS) is 1. The van der Waals surface area contributed by atoms with E-state index >= 15 is 0 Å². The van der Waals surface area contributed by atoms with Gasteiger partial charge in [0.05, 0.1) is 128 Å². The molecule has 548 valence electrons. The number of ether oxygens (including phenoxy) is 9. The zero-order valence-electron chi connectivity index (χ0n) is 58.2. The lowest BCUT2D eigenvalue weighted by Crippen LogP contribution is -2.39. The Labute approximate surface area is 590 Å². The minimum atomic E-state index is -1.25. The van der Waals surface area contributed by atoms with Crippen molar-refractivity contribution in [3.05, 3.63) is 99.5 Å². The second kappa shape index (κ2) is 42.4. The Morgan fingerprint density at radius 3 is 2.06 bits per heavy atom. The van der Waals surface area contributed by atoms with Gasteiger partial charge in [0.25, 0.3) is 5.91 Å². The smallest absolute Gasteiger partial charge is 0.336 e. The summed E-state index contributed by atoms with van der Waals surface area (Å²) in [5.74, 6) is 1.11. The van der Waals surface area contributed by atoms with E-state index in [0.717, 1.165) is 30.7 Å². The number of terminal acetylenes is 1. The van der Waals surface area contributed by atoms with Crippen LogP contribution in [0.2, 0.25) is 0 Å². The molecule has 28 heteroatoms. The molecule has 5 aliphatic rings. The van der Waals surface area contributed by atoms with Crippen LogP contribution in [0.3, 0.4) is 0 Å². The summed E-state index contributed by atoms with van der Waals surface area (Å²) in [5, 5.41) is 36.6. The third kappa shape index (κ3) is 26.3. The summed E-state index contributed by atoms with van der Waals surface area (Å²) in [6.45, 7) is 9.64. The molecule has 2 unspecified atom stereocenters. The van der Waals surface area contributed by atoms with Crippen LogP contribution in [-0.4, -0.2) is 251 Å². The van der Waals surface area contributed by atoms with Gasteiger partial charge in [0.15, 0.2) is 5.78 Å². The quantitative estimate of drug-likeness (QED) is 0.0189. The Bertz CT molecular complexity index is 3290. The Morgan fingerprint density at radius 1 is 0.730 bits per heavy atom. The van der Waals surface area contributed by atoms with Gasteiger partial charge < -0.3 is 95.0 Å². The number of anilines is 1. The van der Waals surface area contributed by atoms with Gasteiger partial charge in [-0.1, -0.05) is 38.3 Å². The molecule has 100 heavy (non-hydrogen) atoms. The number of urea groups is 1. The van der Waals surface area contributed by atoms with E-state index < -0.39 is 23.4 Å². The molecular formula is C72H101N9O18S. The van der Waals surface area contributed by atoms with Crippen LogP contribution >= 0.6 is 11.8 Å². The summed E-state index contributed by atoms with van der Waals surface area (Å²) < 4.78 is 51.1. The first-order chi connectivity index (χ1) is 48.3. The number of ketones is 1. The van der Waals surface area contributed by atoms with Crippen LogP contribution in [0, 0.1) is 17.8 Å². The number of carbonyl (C=O) groups excluding carboxylic acids is 6. The first-order valence-electron chi connectivity index (χ1n) is 34.4. The molecule has 27 nitrogen and oxygen atoms in total. The van der Waals surface area contributed by atoms with Crippen LogP contribution in [0.1, 0.15) is 110 Å². The lowest BCUT2D eigenvalue weighted by atomic mass is 9.75. The zero-order valence-corrected chi connectivity index (χ0v) is 59.0. The molecule has 3 heterocycles. The summed E-state index contributed by atoms with van der Waals surface area (Å²) in [5.41, 5.74) is 10.1. The highest BCUT2D eigenvalue weighted by Crippen LogP contribution is 2.45. The highest BCUT2D eigenvalue weighted by Gasteiger charge is 2.43. The lowest BCUT2D eigenvalue weighted by molar-refractivity contribution is -0.132. The fourth-order valence-corrected chi connectivity index (χ4v) is 13.4. The van der Waals surface area contributed by atoms with Gasteiger partial charge in [-0.25, -0.2) is 9.59 Å². The number of aliphatic imine (C=N–C) groups is 1. The van der Waals surface area contributed by atoms with Crippen LogP contribution in [0.25, 0.3) is 5.57 Å². The van der Waals surface area contributed by atoms with Crippen molar-refractivity contribution in [1.82, 2.24) is 31.5 Å². The predicted molar refractivity (Wildman–Crippen MR) is 379 cm³/mol. The summed E-state index contributed by atoms with van der Waals surface area (Å²) >= 11 is 1.88. The van der Waals surface area contributed by atoms with Crippen molar-refractivity contribution in [2.75, 3.05) is 170 Å². The van der Waals surface area contributed by atoms with E-state index in [2.05, 4.69) is 32.5 Å². The number of unbranched alkanes of at least 4 members (excludes halogenated alkanes) is 1. The summed E-state index contributed by atoms with van der Waals surface area (Å²) in [4.78, 5) is 99.3. The van der Waals surface area contributed by atoms with Crippen LogP contribution in [0.15, 0.2) is 82.2 Å². The maximum atomic E-state index is 13.9. The number of benzene rings is 2. The van der Waals surface area contributed by atoms with E-state index in [4.69, 9.17) is 59.8 Å². The number of nitrogens with zero attached hydrogens (tertiary/aromatic N) is 3. The van der Waals surface area contributed by atoms with Gasteiger partial charge in [0, 0.05) is 143 Å². The predicted octanol–water partition coefficient (Wildman–Crippen LogP) is 4.91. The average molecular weight is 1410 g/mol. The molecule has 0 spiro atoms. The average Bonchev–Trinajstić information content (AvgIpc) is 1.00. The van der Waals surface area contributed by atoms with Gasteiger partial charge in [0.2, 0.25) is 17.7 Å². The molecule has 0 bridgehead atoms.